The lowest BCUT2D eigenvalue weighted by molar-refractivity contribution is -0.142. The molecule has 3 atom stereocenters. The minimum Gasteiger partial charge on any atom is -0.480 e. The van der Waals surface area contributed by atoms with Gasteiger partial charge in [0.05, 0.1) is 12.6 Å². The van der Waals surface area contributed by atoms with Crippen LogP contribution in [0.5, 0.6) is 0 Å². The second-order valence-corrected chi connectivity index (χ2v) is 6.06. The monoisotopic (exact) mass is 371 g/mol. The van der Waals surface area contributed by atoms with Crippen molar-refractivity contribution in [3.05, 3.63) is 0 Å². The summed E-state index contributed by atoms with van der Waals surface area (Å²) in [6.07, 6.45) is 1.25. The fraction of sp³-hybridized carbons (Fsp3) is 0.667. The fourth-order valence-corrected chi connectivity index (χ4v) is 2.40. The summed E-state index contributed by atoms with van der Waals surface area (Å²) in [5.74, 6) is -3.58. The zero-order valence-corrected chi connectivity index (χ0v) is 14.5. The maximum absolute atomic E-state index is 11.9. The van der Waals surface area contributed by atoms with Gasteiger partial charge in [-0.05, 0) is 32.7 Å². The largest absolute Gasteiger partial charge is 0.480 e. The van der Waals surface area contributed by atoms with Crippen LogP contribution in [0, 0.1) is 0 Å². The number of carboxylic acid groups (broad SMARTS) is 1. The second-order valence-electron chi connectivity index (χ2n) is 6.06. The quantitative estimate of drug-likeness (QED) is 0.240. The van der Waals surface area contributed by atoms with Crippen LogP contribution in [0.25, 0.3) is 0 Å². The lowest BCUT2D eigenvalue weighted by Crippen LogP contribution is -2.52. The smallest absolute Gasteiger partial charge is 0.326 e. The summed E-state index contributed by atoms with van der Waals surface area (Å²) in [5.41, 5.74) is 4.95. The zero-order chi connectivity index (χ0) is 19.7. The molecule has 1 rings (SSSR count). The molecule has 4 amide bonds. The maximum atomic E-state index is 11.9. The van der Waals surface area contributed by atoms with Crippen LogP contribution in [0.15, 0.2) is 0 Å². The third-order valence-corrected chi connectivity index (χ3v) is 3.86. The Kier molecular flexibility index (Phi) is 8.49. The first-order valence-corrected chi connectivity index (χ1v) is 8.32. The van der Waals surface area contributed by atoms with Crippen LogP contribution in [-0.4, -0.2) is 65.9 Å². The highest BCUT2D eigenvalue weighted by atomic mass is 16.4. The van der Waals surface area contributed by atoms with Crippen LogP contribution >= 0.6 is 0 Å². The number of hydrogen-bond acceptors (Lipinski definition) is 6. The summed E-state index contributed by atoms with van der Waals surface area (Å²) < 4.78 is 0. The van der Waals surface area contributed by atoms with Crippen molar-refractivity contribution in [2.75, 3.05) is 13.1 Å². The zero-order valence-electron chi connectivity index (χ0n) is 14.5. The van der Waals surface area contributed by atoms with E-state index < -0.39 is 42.3 Å². The summed E-state index contributed by atoms with van der Waals surface area (Å²) in [6.45, 7) is 1.77. The van der Waals surface area contributed by atoms with Gasteiger partial charge < -0.3 is 32.1 Å². The molecule has 0 radical (unpaired) electrons. The number of nitrogens with one attached hydrogen (secondary N) is 4. The number of aliphatic carboxylic acids is 1. The highest BCUT2D eigenvalue weighted by molar-refractivity contribution is 5.92. The molecule has 7 N–H and O–H groups in total. The van der Waals surface area contributed by atoms with Gasteiger partial charge in [0, 0.05) is 6.42 Å². The number of primary amides is 1. The van der Waals surface area contributed by atoms with Crippen molar-refractivity contribution in [2.24, 2.45) is 5.73 Å². The molecule has 0 bridgehead atoms. The number of carbonyl (C=O) groups is 5. The minimum atomic E-state index is -1.31. The molecular formula is C15H25N5O6. The number of hydrogen-bond donors (Lipinski definition) is 6. The standard InChI is InChI=1S/C15H25N5O6/c1-8(19-14(24)9-3-2-6-17-9)13(23)18-7-12(22)20-10(15(25)26)4-5-11(16)21/h8-10,17H,2-7H2,1H3,(H2,16,21)(H,18,23)(H,19,24)(H,20,22)(H,25,26). The Hall–Kier alpha value is -2.69. The van der Waals surface area contributed by atoms with E-state index in [9.17, 15) is 24.0 Å². The first-order valence-electron chi connectivity index (χ1n) is 8.32. The van der Waals surface area contributed by atoms with Crippen LogP contribution < -0.4 is 27.0 Å². The Balaban J connectivity index is 2.37. The van der Waals surface area contributed by atoms with Crippen molar-refractivity contribution in [2.45, 2.75) is 50.7 Å². The fourth-order valence-electron chi connectivity index (χ4n) is 2.40. The van der Waals surface area contributed by atoms with Gasteiger partial charge in [0.25, 0.3) is 0 Å². The molecule has 1 heterocycles. The Bertz CT molecular complexity index is 561. The molecule has 26 heavy (non-hydrogen) atoms. The summed E-state index contributed by atoms with van der Waals surface area (Å²) in [7, 11) is 0. The van der Waals surface area contributed by atoms with E-state index in [1.807, 2.05) is 0 Å². The Morgan fingerprint density at radius 2 is 1.92 bits per heavy atom. The summed E-state index contributed by atoms with van der Waals surface area (Å²) >= 11 is 0. The molecule has 0 spiro atoms. The summed E-state index contributed by atoms with van der Waals surface area (Å²) in [4.78, 5) is 57.3. The molecule has 1 aliphatic heterocycles. The molecule has 0 aromatic carbocycles. The average molecular weight is 371 g/mol. The highest BCUT2D eigenvalue weighted by Crippen LogP contribution is 2.04. The van der Waals surface area contributed by atoms with Crippen molar-refractivity contribution in [3.63, 3.8) is 0 Å². The molecule has 1 aliphatic rings. The van der Waals surface area contributed by atoms with Gasteiger partial charge in [-0.25, -0.2) is 4.79 Å². The minimum absolute atomic E-state index is 0.148. The van der Waals surface area contributed by atoms with Gasteiger partial charge in [0.2, 0.25) is 23.6 Å². The average Bonchev–Trinajstić information content (AvgIpc) is 3.10. The van der Waals surface area contributed by atoms with Crippen LogP contribution in [0.2, 0.25) is 0 Å². The van der Waals surface area contributed by atoms with Gasteiger partial charge in [-0.3, -0.25) is 19.2 Å². The molecule has 11 nitrogen and oxygen atoms in total. The molecule has 146 valence electrons. The van der Waals surface area contributed by atoms with E-state index in [4.69, 9.17) is 10.8 Å². The molecule has 0 saturated carbocycles. The molecule has 0 aromatic heterocycles. The first-order chi connectivity index (χ1) is 12.2. The van der Waals surface area contributed by atoms with Crippen molar-refractivity contribution < 1.29 is 29.1 Å². The van der Waals surface area contributed by atoms with Gasteiger partial charge in [-0.15, -0.1) is 0 Å². The predicted molar refractivity (Wildman–Crippen MR) is 89.6 cm³/mol. The van der Waals surface area contributed by atoms with Crippen LogP contribution in [0.1, 0.15) is 32.6 Å². The van der Waals surface area contributed by atoms with E-state index in [1.165, 1.54) is 6.92 Å². The van der Waals surface area contributed by atoms with E-state index in [-0.39, 0.29) is 24.8 Å². The van der Waals surface area contributed by atoms with E-state index in [1.54, 1.807) is 0 Å². The van der Waals surface area contributed by atoms with Crippen LogP contribution in [0.4, 0.5) is 0 Å². The normalized spacial score (nSPS) is 18.4. The van der Waals surface area contributed by atoms with Crippen molar-refractivity contribution in [3.8, 4) is 0 Å². The van der Waals surface area contributed by atoms with E-state index in [2.05, 4.69) is 21.3 Å². The van der Waals surface area contributed by atoms with Gasteiger partial charge in [-0.1, -0.05) is 0 Å². The van der Waals surface area contributed by atoms with E-state index >= 15 is 0 Å². The van der Waals surface area contributed by atoms with Gasteiger partial charge in [0.1, 0.15) is 12.1 Å². The molecule has 1 saturated heterocycles. The number of rotatable bonds is 10. The number of amides is 4. The third-order valence-electron chi connectivity index (χ3n) is 3.86. The van der Waals surface area contributed by atoms with E-state index in [0.717, 1.165) is 13.0 Å². The predicted octanol–water partition coefficient (Wildman–Crippen LogP) is -2.81. The molecule has 0 aromatic rings. The third kappa shape index (κ3) is 7.47. The molecule has 3 unspecified atom stereocenters. The SMILES string of the molecule is CC(NC(=O)C1CCCN1)C(=O)NCC(=O)NC(CCC(N)=O)C(=O)O. The molecule has 11 heteroatoms. The van der Waals surface area contributed by atoms with Gasteiger partial charge >= 0.3 is 5.97 Å². The Morgan fingerprint density at radius 1 is 1.23 bits per heavy atom. The summed E-state index contributed by atoms with van der Waals surface area (Å²) in [6, 6.07) is -2.45. The first kappa shape index (κ1) is 21.4. The van der Waals surface area contributed by atoms with Crippen LogP contribution in [0.3, 0.4) is 0 Å². The Morgan fingerprint density at radius 3 is 2.46 bits per heavy atom. The Labute approximate surface area is 150 Å². The summed E-state index contributed by atoms with van der Waals surface area (Å²) in [5, 5.41) is 19.1. The topological polar surface area (TPSA) is 180 Å². The van der Waals surface area contributed by atoms with Crippen LogP contribution in [-0.2, 0) is 24.0 Å². The molecule has 0 aliphatic carbocycles. The number of nitrogens with two attached hydrogens (primary N) is 1. The number of carboxylic acids is 1. The van der Waals surface area contributed by atoms with Crippen molar-refractivity contribution in [1.82, 2.24) is 21.3 Å². The molecule has 1 fully saturated rings. The second kappa shape index (κ2) is 10.3. The maximum Gasteiger partial charge on any atom is 0.326 e. The van der Waals surface area contributed by atoms with Gasteiger partial charge in [0.15, 0.2) is 0 Å². The highest BCUT2D eigenvalue weighted by Gasteiger charge is 2.25. The van der Waals surface area contributed by atoms with E-state index in [0.29, 0.717) is 6.42 Å². The molecular weight excluding hydrogens is 346 g/mol. The lowest BCUT2D eigenvalue weighted by Gasteiger charge is -2.18. The van der Waals surface area contributed by atoms with Gasteiger partial charge in [-0.2, -0.15) is 0 Å². The van der Waals surface area contributed by atoms with Crippen molar-refractivity contribution >= 4 is 29.6 Å². The van der Waals surface area contributed by atoms with Crippen molar-refractivity contribution in [1.29, 1.82) is 0 Å². The number of carbonyl (C=O) groups excluding carboxylic acids is 4. The lowest BCUT2D eigenvalue weighted by atomic mass is 10.1.